The summed E-state index contributed by atoms with van der Waals surface area (Å²) in [5, 5.41) is 0. The Bertz CT molecular complexity index is 260. The van der Waals surface area contributed by atoms with Crippen molar-refractivity contribution < 1.29 is 8.78 Å². The molecule has 0 saturated carbocycles. The van der Waals surface area contributed by atoms with Crippen LogP contribution in [0.4, 0.5) is 8.78 Å². The van der Waals surface area contributed by atoms with Gasteiger partial charge in [-0.05, 0) is 24.6 Å². The molecular weight excluding hydrogens is 178 g/mol. The molecule has 0 saturated heterocycles. The number of benzene rings is 1. The predicted octanol–water partition coefficient (Wildman–Crippen LogP) is 3.34. The maximum Gasteiger partial charge on any atom is 0.156 e. The van der Waals surface area contributed by atoms with E-state index in [9.17, 15) is 8.78 Å². The van der Waals surface area contributed by atoms with E-state index in [1.165, 1.54) is 13.0 Å². The molecule has 0 aliphatic heterocycles. The summed E-state index contributed by atoms with van der Waals surface area (Å²) in [6, 6.07) is 6.47. The molecule has 66 valence electrons. The first-order chi connectivity index (χ1) is 5.61. The molecule has 0 bridgehead atoms. The third-order valence-electron chi connectivity index (χ3n) is 1.59. The van der Waals surface area contributed by atoms with Crippen LogP contribution < -0.4 is 0 Å². The fraction of sp³-hybridized carbons (Fsp3) is 0.333. The highest BCUT2D eigenvalue weighted by Gasteiger charge is 2.16. The molecule has 1 aromatic rings. The average Bonchev–Trinajstić information content (AvgIpc) is 2.03. The number of thiol groups is 1. The molecule has 0 heterocycles. The summed E-state index contributed by atoms with van der Waals surface area (Å²) < 4.78 is 25.5. The van der Waals surface area contributed by atoms with E-state index in [1.807, 2.05) is 0 Å². The summed E-state index contributed by atoms with van der Waals surface area (Å²) in [5.74, 6) is 0. The first kappa shape index (κ1) is 9.52. The summed E-state index contributed by atoms with van der Waals surface area (Å²) in [4.78, 5) is 0.649. The average molecular weight is 188 g/mol. The Hall–Kier alpha value is -0.570. The van der Waals surface area contributed by atoms with Crippen LogP contribution in [0, 0.1) is 0 Å². The predicted molar refractivity (Wildman–Crippen MR) is 48.1 cm³/mol. The lowest BCUT2D eigenvalue weighted by molar-refractivity contribution is 0.184. The highest BCUT2D eigenvalue weighted by atomic mass is 32.1. The van der Waals surface area contributed by atoms with Gasteiger partial charge in [-0.3, -0.25) is 0 Å². The summed E-state index contributed by atoms with van der Waals surface area (Å²) in [6.07, 6.45) is -3.02. The Morgan fingerprint density at radius 1 is 1.33 bits per heavy atom. The molecule has 2 unspecified atom stereocenters. The van der Waals surface area contributed by atoms with Gasteiger partial charge in [-0.2, -0.15) is 0 Å². The van der Waals surface area contributed by atoms with Gasteiger partial charge in [0.2, 0.25) is 0 Å². The Balaban J connectivity index is 2.88. The molecule has 2 atom stereocenters. The largest absolute Gasteiger partial charge is 0.244 e. The van der Waals surface area contributed by atoms with Crippen LogP contribution in [0.5, 0.6) is 0 Å². The molecule has 3 heteroatoms. The van der Waals surface area contributed by atoms with Gasteiger partial charge in [0.15, 0.2) is 6.17 Å². The first-order valence-electron chi connectivity index (χ1n) is 3.68. The van der Waals surface area contributed by atoms with Crippen molar-refractivity contribution in [2.75, 3.05) is 0 Å². The van der Waals surface area contributed by atoms with Gasteiger partial charge in [0.1, 0.15) is 6.17 Å². The van der Waals surface area contributed by atoms with E-state index in [0.29, 0.717) is 10.5 Å². The summed E-state index contributed by atoms with van der Waals surface area (Å²) in [7, 11) is 0. The maximum absolute atomic E-state index is 13.0. The first-order valence-corrected chi connectivity index (χ1v) is 4.13. The molecule has 1 rings (SSSR count). The van der Waals surface area contributed by atoms with Crippen LogP contribution in [-0.4, -0.2) is 6.17 Å². The van der Waals surface area contributed by atoms with E-state index < -0.39 is 12.3 Å². The van der Waals surface area contributed by atoms with E-state index in [2.05, 4.69) is 12.6 Å². The minimum atomic E-state index is -1.54. The van der Waals surface area contributed by atoms with Crippen molar-refractivity contribution in [1.82, 2.24) is 0 Å². The summed E-state index contributed by atoms with van der Waals surface area (Å²) >= 11 is 4.03. The van der Waals surface area contributed by atoms with Crippen LogP contribution in [0.25, 0.3) is 0 Å². The van der Waals surface area contributed by atoms with Crippen molar-refractivity contribution in [2.24, 2.45) is 0 Å². The zero-order valence-corrected chi connectivity index (χ0v) is 7.56. The zero-order valence-electron chi connectivity index (χ0n) is 6.67. The Morgan fingerprint density at radius 2 is 2.00 bits per heavy atom. The Morgan fingerprint density at radius 3 is 2.50 bits per heavy atom. The number of hydrogen-bond donors (Lipinski definition) is 1. The quantitative estimate of drug-likeness (QED) is 0.676. The van der Waals surface area contributed by atoms with Crippen molar-refractivity contribution >= 4 is 12.6 Å². The summed E-state index contributed by atoms with van der Waals surface area (Å²) in [5.41, 5.74) is 0.345. The van der Waals surface area contributed by atoms with Crippen molar-refractivity contribution in [3.63, 3.8) is 0 Å². The zero-order chi connectivity index (χ0) is 9.14. The van der Waals surface area contributed by atoms with Gasteiger partial charge in [0.05, 0.1) is 0 Å². The topological polar surface area (TPSA) is 0 Å². The SMILES string of the molecule is CC(F)C(F)c1cccc(S)c1. The third-order valence-corrected chi connectivity index (χ3v) is 1.87. The van der Waals surface area contributed by atoms with E-state index in [1.54, 1.807) is 18.2 Å². The number of halogens is 2. The number of hydrogen-bond acceptors (Lipinski definition) is 1. The van der Waals surface area contributed by atoms with Gasteiger partial charge in [0.25, 0.3) is 0 Å². The minimum absolute atomic E-state index is 0.345. The van der Waals surface area contributed by atoms with Crippen LogP contribution in [0.15, 0.2) is 29.2 Å². The van der Waals surface area contributed by atoms with Crippen LogP contribution in [0.2, 0.25) is 0 Å². The standard InChI is InChI=1S/C9H10F2S/c1-6(10)9(11)7-3-2-4-8(12)5-7/h2-6,9,12H,1H3. The van der Waals surface area contributed by atoms with Crippen LogP contribution in [0.3, 0.4) is 0 Å². The van der Waals surface area contributed by atoms with Gasteiger partial charge in [-0.15, -0.1) is 12.6 Å². The molecule has 0 amide bonds. The molecule has 0 aromatic heterocycles. The molecule has 0 aliphatic carbocycles. The van der Waals surface area contributed by atoms with E-state index in [0.717, 1.165) is 0 Å². The Labute approximate surface area is 76.0 Å². The second-order valence-electron chi connectivity index (χ2n) is 2.67. The van der Waals surface area contributed by atoms with Gasteiger partial charge in [0, 0.05) is 4.90 Å². The third kappa shape index (κ3) is 2.21. The molecular formula is C9H10F2S. The lowest BCUT2D eigenvalue weighted by Gasteiger charge is -2.09. The molecule has 1 aromatic carbocycles. The Kier molecular flexibility index (Phi) is 3.09. The van der Waals surface area contributed by atoms with E-state index in [-0.39, 0.29) is 0 Å². The maximum atomic E-state index is 13.0. The lowest BCUT2D eigenvalue weighted by Crippen LogP contribution is -2.04. The van der Waals surface area contributed by atoms with Crippen molar-refractivity contribution in [1.29, 1.82) is 0 Å². The summed E-state index contributed by atoms with van der Waals surface area (Å²) in [6.45, 7) is 1.20. The fourth-order valence-electron chi connectivity index (χ4n) is 0.962. The van der Waals surface area contributed by atoms with Crippen molar-refractivity contribution in [3.05, 3.63) is 29.8 Å². The minimum Gasteiger partial charge on any atom is -0.244 e. The van der Waals surface area contributed by atoms with Crippen LogP contribution in [0.1, 0.15) is 18.7 Å². The van der Waals surface area contributed by atoms with Gasteiger partial charge < -0.3 is 0 Å². The highest BCUT2D eigenvalue weighted by molar-refractivity contribution is 7.80. The smallest absolute Gasteiger partial charge is 0.156 e. The second-order valence-corrected chi connectivity index (χ2v) is 3.19. The molecule has 12 heavy (non-hydrogen) atoms. The highest BCUT2D eigenvalue weighted by Crippen LogP contribution is 2.24. The normalized spacial score (nSPS) is 15.7. The molecule has 0 spiro atoms. The van der Waals surface area contributed by atoms with Gasteiger partial charge in [-0.1, -0.05) is 12.1 Å². The number of alkyl halides is 2. The van der Waals surface area contributed by atoms with Gasteiger partial charge in [-0.25, -0.2) is 8.78 Å². The molecule has 0 N–H and O–H groups in total. The van der Waals surface area contributed by atoms with Crippen molar-refractivity contribution in [3.8, 4) is 0 Å². The van der Waals surface area contributed by atoms with E-state index in [4.69, 9.17) is 0 Å². The van der Waals surface area contributed by atoms with Crippen LogP contribution >= 0.6 is 12.6 Å². The molecule has 0 aliphatic rings. The monoisotopic (exact) mass is 188 g/mol. The molecule has 0 nitrogen and oxygen atoms in total. The van der Waals surface area contributed by atoms with Gasteiger partial charge >= 0.3 is 0 Å². The molecule has 0 fully saturated rings. The van der Waals surface area contributed by atoms with E-state index >= 15 is 0 Å². The van der Waals surface area contributed by atoms with Crippen LogP contribution in [-0.2, 0) is 0 Å². The number of rotatable bonds is 2. The lowest BCUT2D eigenvalue weighted by atomic mass is 10.1. The fourth-order valence-corrected chi connectivity index (χ4v) is 1.20. The molecule has 0 radical (unpaired) electrons. The second kappa shape index (κ2) is 3.90. The van der Waals surface area contributed by atoms with Crippen molar-refractivity contribution in [2.45, 2.75) is 24.2 Å².